The summed E-state index contributed by atoms with van der Waals surface area (Å²) in [6, 6.07) is 0. The zero-order valence-electron chi connectivity index (χ0n) is 8.96. The van der Waals surface area contributed by atoms with E-state index in [1.54, 1.807) is 0 Å². The van der Waals surface area contributed by atoms with Crippen LogP contribution < -0.4 is 5.32 Å². The molecule has 0 saturated carbocycles. The van der Waals surface area contributed by atoms with Crippen molar-refractivity contribution in [2.45, 2.75) is 19.3 Å². The molecule has 1 rings (SSSR count). The van der Waals surface area contributed by atoms with Crippen molar-refractivity contribution in [2.24, 2.45) is 5.92 Å². The third kappa shape index (κ3) is 3.50. The van der Waals surface area contributed by atoms with E-state index in [2.05, 4.69) is 11.9 Å². The second kappa shape index (κ2) is 5.81. The third-order valence-corrected chi connectivity index (χ3v) is 2.66. The fraction of sp³-hybridized carbons (Fsp3) is 0.727. The van der Waals surface area contributed by atoms with Crippen molar-refractivity contribution in [3.8, 4) is 0 Å². The number of allylic oxidation sites excluding steroid dienone is 1. The van der Waals surface area contributed by atoms with Crippen molar-refractivity contribution in [3.05, 3.63) is 12.7 Å². The first-order valence-electron chi connectivity index (χ1n) is 5.29. The molecule has 1 fully saturated rings. The largest absolute Gasteiger partial charge is 0.346 e. The predicted molar refractivity (Wildman–Crippen MR) is 58.0 cm³/mol. The summed E-state index contributed by atoms with van der Waals surface area (Å²) in [6.45, 7) is 6.53. The standard InChI is InChI=1S/C11H20N2O/c1-3-4-5-6-13(2)11(14)7-10-8-12-9-10/h3,10,12H,1,4-9H2,2H3. The van der Waals surface area contributed by atoms with Gasteiger partial charge in [-0.3, -0.25) is 4.79 Å². The van der Waals surface area contributed by atoms with E-state index in [0.717, 1.165) is 32.5 Å². The van der Waals surface area contributed by atoms with Crippen molar-refractivity contribution in [1.29, 1.82) is 0 Å². The maximum absolute atomic E-state index is 11.6. The van der Waals surface area contributed by atoms with E-state index in [-0.39, 0.29) is 5.91 Å². The molecule has 0 unspecified atom stereocenters. The lowest BCUT2D eigenvalue weighted by atomic mass is 9.99. The Bertz CT molecular complexity index is 199. The van der Waals surface area contributed by atoms with Crippen molar-refractivity contribution < 1.29 is 4.79 Å². The van der Waals surface area contributed by atoms with Gasteiger partial charge in [0, 0.05) is 20.0 Å². The first-order valence-corrected chi connectivity index (χ1v) is 5.29. The van der Waals surface area contributed by atoms with E-state index in [1.807, 2.05) is 18.0 Å². The molecule has 0 aromatic rings. The molecule has 80 valence electrons. The van der Waals surface area contributed by atoms with E-state index in [0.29, 0.717) is 12.3 Å². The van der Waals surface area contributed by atoms with Crippen molar-refractivity contribution >= 4 is 5.91 Å². The van der Waals surface area contributed by atoms with E-state index < -0.39 is 0 Å². The lowest BCUT2D eigenvalue weighted by molar-refractivity contribution is -0.131. The van der Waals surface area contributed by atoms with E-state index in [9.17, 15) is 4.79 Å². The Hall–Kier alpha value is -0.830. The number of unbranched alkanes of at least 4 members (excludes halogenated alkanes) is 1. The Morgan fingerprint density at radius 2 is 2.36 bits per heavy atom. The third-order valence-electron chi connectivity index (χ3n) is 2.66. The minimum absolute atomic E-state index is 0.278. The molecule has 0 radical (unpaired) electrons. The van der Waals surface area contributed by atoms with Gasteiger partial charge in [-0.15, -0.1) is 6.58 Å². The fourth-order valence-electron chi connectivity index (χ4n) is 1.49. The van der Waals surface area contributed by atoms with Crippen LogP contribution in [0, 0.1) is 5.92 Å². The topological polar surface area (TPSA) is 32.3 Å². The molecule has 1 saturated heterocycles. The van der Waals surface area contributed by atoms with Gasteiger partial charge < -0.3 is 10.2 Å². The second-order valence-corrected chi connectivity index (χ2v) is 3.97. The minimum atomic E-state index is 0.278. The highest BCUT2D eigenvalue weighted by molar-refractivity contribution is 5.76. The van der Waals surface area contributed by atoms with Gasteiger partial charge in [0.1, 0.15) is 0 Å². The number of hydrogen-bond donors (Lipinski definition) is 1. The maximum atomic E-state index is 11.6. The van der Waals surface area contributed by atoms with E-state index >= 15 is 0 Å². The molecule has 0 atom stereocenters. The van der Waals surface area contributed by atoms with Crippen LogP contribution >= 0.6 is 0 Å². The minimum Gasteiger partial charge on any atom is -0.346 e. The lowest BCUT2D eigenvalue weighted by Crippen LogP contribution is -2.44. The Labute approximate surface area is 86.2 Å². The molecule has 0 bridgehead atoms. The molecule has 0 spiro atoms. The number of carbonyl (C=O) groups excluding carboxylic acids is 1. The molecular formula is C11H20N2O. The van der Waals surface area contributed by atoms with Gasteiger partial charge in [-0.25, -0.2) is 0 Å². The summed E-state index contributed by atoms with van der Waals surface area (Å²) >= 11 is 0. The van der Waals surface area contributed by atoms with Crippen LogP contribution in [-0.2, 0) is 4.79 Å². The smallest absolute Gasteiger partial charge is 0.222 e. The summed E-state index contributed by atoms with van der Waals surface area (Å²) in [7, 11) is 1.89. The van der Waals surface area contributed by atoms with Crippen molar-refractivity contribution in [1.82, 2.24) is 10.2 Å². The lowest BCUT2D eigenvalue weighted by Gasteiger charge is -2.28. The Morgan fingerprint density at radius 1 is 1.64 bits per heavy atom. The van der Waals surface area contributed by atoms with Gasteiger partial charge in [-0.2, -0.15) is 0 Å². The van der Waals surface area contributed by atoms with Crippen LogP contribution in [0.3, 0.4) is 0 Å². The first-order chi connectivity index (χ1) is 6.74. The number of nitrogens with zero attached hydrogens (tertiary/aromatic N) is 1. The normalized spacial score (nSPS) is 16.1. The molecule has 1 aliphatic rings. The van der Waals surface area contributed by atoms with Gasteiger partial charge in [-0.1, -0.05) is 6.08 Å². The average molecular weight is 196 g/mol. The molecule has 0 aromatic carbocycles. The molecule has 1 N–H and O–H groups in total. The van der Waals surface area contributed by atoms with Crippen LogP contribution in [0.15, 0.2) is 12.7 Å². The molecule has 0 aliphatic carbocycles. The molecule has 0 aromatic heterocycles. The summed E-state index contributed by atoms with van der Waals surface area (Å²) in [5.74, 6) is 0.852. The van der Waals surface area contributed by atoms with Crippen LogP contribution in [-0.4, -0.2) is 37.5 Å². The molecular weight excluding hydrogens is 176 g/mol. The van der Waals surface area contributed by atoms with Crippen LogP contribution in [0.5, 0.6) is 0 Å². The quantitative estimate of drug-likeness (QED) is 0.508. The SMILES string of the molecule is C=CCCCN(C)C(=O)CC1CNC1. The monoisotopic (exact) mass is 196 g/mol. The highest BCUT2D eigenvalue weighted by atomic mass is 16.2. The number of carbonyl (C=O) groups is 1. The Morgan fingerprint density at radius 3 is 2.86 bits per heavy atom. The summed E-state index contributed by atoms with van der Waals surface area (Å²) in [5.41, 5.74) is 0. The number of nitrogens with one attached hydrogen (secondary N) is 1. The van der Waals surface area contributed by atoms with Crippen LogP contribution in [0.1, 0.15) is 19.3 Å². The van der Waals surface area contributed by atoms with Crippen LogP contribution in [0.25, 0.3) is 0 Å². The van der Waals surface area contributed by atoms with Crippen molar-refractivity contribution in [3.63, 3.8) is 0 Å². The Kier molecular flexibility index (Phi) is 4.66. The molecule has 1 amide bonds. The number of amides is 1. The zero-order valence-corrected chi connectivity index (χ0v) is 8.96. The van der Waals surface area contributed by atoms with Gasteiger partial charge in [0.2, 0.25) is 5.91 Å². The summed E-state index contributed by atoms with van der Waals surface area (Å²) in [5, 5.41) is 3.17. The van der Waals surface area contributed by atoms with Crippen LogP contribution in [0.2, 0.25) is 0 Å². The molecule has 1 heterocycles. The fourth-order valence-corrected chi connectivity index (χ4v) is 1.49. The summed E-state index contributed by atoms with van der Waals surface area (Å²) in [6.07, 6.45) is 4.61. The van der Waals surface area contributed by atoms with Gasteiger partial charge in [0.15, 0.2) is 0 Å². The van der Waals surface area contributed by atoms with E-state index in [1.165, 1.54) is 0 Å². The zero-order chi connectivity index (χ0) is 10.4. The Balaban J connectivity index is 2.11. The van der Waals surface area contributed by atoms with E-state index in [4.69, 9.17) is 0 Å². The molecule has 3 heteroatoms. The van der Waals surface area contributed by atoms with Crippen molar-refractivity contribution in [2.75, 3.05) is 26.7 Å². The van der Waals surface area contributed by atoms with Gasteiger partial charge in [-0.05, 0) is 31.8 Å². The summed E-state index contributed by atoms with van der Waals surface area (Å²) < 4.78 is 0. The van der Waals surface area contributed by atoms with Gasteiger partial charge in [0.25, 0.3) is 0 Å². The number of rotatable bonds is 6. The highest BCUT2D eigenvalue weighted by Gasteiger charge is 2.21. The molecule has 14 heavy (non-hydrogen) atoms. The van der Waals surface area contributed by atoms with Gasteiger partial charge in [0.05, 0.1) is 0 Å². The average Bonchev–Trinajstić information content (AvgIpc) is 2.11. The number of hydrogen-bond acceptors (Lipinski definition) is 2. The first kappa shape index (κ1) is 11.2. The summed E-state index contributed by atoms with van der Waals surface area (Å²) in [4.78, 5) is 13.4. The van der Waals surface area contributed by atoms with Crippen LogP contribution in [0.4, 0.5) is 0 Å². The predicted octanol–water partition coefficient (Wildman–Crippen LogP) is 1.02. The molecule has 3 nitrogen and oxygen atoms in total. The maximum Gasteiger partial charge on any atom is 0.222 e. The molecule has 1 aliphatic heterocycles. The van der Waals surface area contributed by atoms with Gasteiger partial charge >= 0.3 is 0 Å². The highest BCUT2D eigenvalue weighted by Crippen LogP contribution is 2.10. The second-order valence-electron chi connectivity index (χ2n) is 3.97.